The van der Waals surface area contributed by atoms with Crippen LogP contribution in [0.5, 0.6) is 0 Å². The highest BCUT2D eigenvalue weighted by Gasteiger charge is 2.18. The fourth-order valence-corrected chi connectivity index (χ4v) is 8.31. The minimum Gasteiger partial charge on any atom is -0.135 e. The van der Waals surface area contributed by atoms with Crippen LogP contribution in [0.4, 0.5) is 0 Å². The molecule has 43 heavy (non-hydrogen) atoms. The standard InChI is InChI=1S/C42H28S/c1-2-9-27(10-3-1)39-25-28-11-4-5-12-29(28)26-40(39)33-20-22-35-31(24-33)18-17-30-23-32(19-21-34(30)35)36-14-8-15-38-37-13-6-7-16-41(37)43-42(36)38/h1-18,20,22-26H,19,21H2. The number of aryl methyl sites for hydroxylation is 1. The summed E-state index contributed by atoms with van der Waals surface area (Å²) in [6.07, 6.45) is 4.57. The van der Waals surface area contributed by atoms with Gasteiger partial charge in [-0.2, -0.15) is 0 Å². The molecule has 0 nitrogen and oxygen atoms in total. The first kappa shape index (κ1) is 24.6. The van der Waals surface area contributed by atoms with E-state index in [2.05, 4.69) is 146 Å². The third-order valence-corrected chi connectivity index (χ3v) is 10.4. The summed E-state index contributed by atoms with van der Waals surface area (Å²) in [6, 6.07) is 51.5. The van der Waals surface area contributed by atoms with E-state index in [1.807, 2.05) is 11.3 Å². The quantitative estimate of drug-likeness (QED) is 0.200. The van der Waals surface area contributed by atoms with Crippen LogP contribution in [0.25, 0.3) is 75.6 Å². The van der Waals surface area contributed by atoms with Crippen molar-refractivity contribution in [1.29, 1.82) is 0 Å². The van der Waals surface area contributed by atoms with E-state index in [0.717, 1.165) is 12.8 Å². The molecule has 0 spiro atoms. The SMILES string of the molecule is C1=C(c2cccc3c2sc2ccccc23)CCc2c1ccc1cc(-c3cc4ccccc4cc3-c3ccccc3)ccc21. The molecule has 0 amide bonds. The maximum absolute atomic E-state index is 2.45. The first-order valence-corrected chi connectivity index (χ1v) is 15.9. The Hall–Kier alpha value is -4.98. The lowest BCUT2D eigenvalue weighted by Gasteiger charge is -2.20. The van der Waals surface area contributed by atoms with Gasteiger partial charge in [-0.25, -0.2) is 0 Å². The highest BCUT2D eigenvalue weighted by molar-refractivity contribution is 7.26. The summed E-state index contributed by atoms with van der Waals surface area (Å²) in [5.41, 5.74) is 10.7. The summed E-state index contributed by atoms with van der Waals surface area (Å²) >= 11 is 1.92. The van der Waals surface area contributed by atoms with Gasteiger partial charge in [0.1, 0.15) is 0 Å². The van der Waals surface area contributed by atoms with Gasteiger partial charge in [0.05, 0.1) is 0 Å². The van der Waals surface area contributed by atoms with Crippen molar-refractivity contribution in [3.05, 3.63) is 156 Å². The molecule has 0 unspecified atom stereocenters. The number of hydrogen-bond donors (Lipinski definition) is 0. The van der Waals surface area contributed by atoms with E-state index in [0.29, 0.717) is 0 Å². The van der Waals surface area contributed by atoms with Gasteiger partial charge in [0.15, 0.2) is 0 Å². The van der Waals surface area contributed by atoms with Gasteiger partial charge in [-0.05, 0) is 103 Å². The van der Waals surface area contributed by atoms with Crippen molar-refractivity contribution >= 4 is 64.7 Å². The minimum absolute atomic E-state index is 1.06. The molecule has 202 valence electrons. The molecule has 1 aliphatic carbocycles. The Morgan fingerprint density at radius 1 is 0.442 bits per heavy atom. The molecule has 0 atom stereocenters. The summed E-state index contributed by atoms with van der Waals surface area (Å²) in [4.78, 5) is 0. The average Bonchev–Trinajstić information content (AvgIpc) is 3.46. The van der Waals surface area contributed by atoms with E-state index < -0.39 is 0 Å². The first-order valence-electron chi connectivity index (χ1n) is 15.1. The van der Waals surface area contributed by atoms with Crippen molar-refractivity contribution in [1.82, 2.24) is 0 Å². The summed E-state index contributed by atoms with van der Waals surface area (Å²) < 4.78 is 2.78. The van der Waals surface area contributed by atoms with Crippen LogP contribution in [0, 0.1) is 0 Å². The molecule has 0 saturated carbocycles. The molecule has 0 N–H and O–H groups in total. The number of rotatable bonds is 3. The molecule has 9 rings (SSSR count). The van der Waals surface area contributed by atoms with Crippen molar-refractivity contribution in [3.8, 4) is 22.3 Å². The molecule has 1 aromatic heterocycles. The lowest BCUT2D eigenvalue weighted by Crippen LogP contribution is -2.00. The second-order valence-corrected chi connectivity index (χ2v) is 12.7. The lowest BCUT2D eigenvalue weighted by atomic mass is 9.84. The molecule has 0 saturated heterocycles. The van der Waals surface area contributed by atoms with Crippen molar-refractivity contribution in [2.75, 3.05) is 0 Å². The highest BCUT2D eigenvalue weighted by Crippen LogP contribution is 2.43. The Morgan fingerprint density at radius 2 is 1.19 bits per heavy atom. The lowest BCUT2D eigenvalue weighted by molar-refractivity contribution is 1.01. The third kappa shape index (κ3) is 4.04. The first-order chi connectivity index (χ1) is 21.3. The van der Waals surface area contributed by atoms with Crippen LogP contribution in [-0.2, 0) is 6.42 Å². The van der Waals surface area contributed by atoms with Crippen LogP contribution in [0.3, 0.4) is 0 Å². The highest BCUT2D eigenvalue weighted by atomic mass is 32.1. The fourth-order valence-electron chi connectivity index (χ4n) is 7.06. The van der Waals surface area contributed by atoms with Crippen LogP contribution in [0.2, 0.25) is 0 Å². The average molecular weight is 565 g/mol. The predicted octanol–water partition coefficient (Wildman–Crippen LogP) is 12.2. The monoisotopic (exact) mass is 564 g/mol. The molecule has 1 aliphatic rings. The molecule has 0 fully saturated rings. The van der Waals surface area contributed by atoms with Crippen LogP contribution < -0.4 is 0 Å². The molecule has 0 bridgehead atoms. The van der Waals surface area contributed by atoms with Gasteiger partial charge < -0.3 is 0 Å². The zero-order valence-corrected chi connectivity index (χ0v) is 24.5. The molecule has 1 heterocycles. The Kier molecular flexibility index (Phi) is 5.61. The Labute approximate surface area is 255 Å². The number of fused-ring (bicyclic) bond motifs is 7. The summed E-state index contributed by atoms with van der Waals surface area (Å²) in [7, 11) is 0. The van der Waals surface area contributed by atoms with Crippen LogP contribution in [0.1, 0.15) is 23.1 Å². The topological polar surface area (TPSA) is 0 Å². The molecular formula is C42H28S. The zero-order chi connectivity index (χ0) is 28.3. The van der Waals surface area contributed by atoms with Gasteiger partial charge in [-0.1, -0.05) is 121 Å². The second-order valence-electron chi connectivity index (χ2n) is 11.6. The molecular weight excluding hydrogens is 537 g/mol. The zero-order valence-electron chi connectivity index (χ0n) is 23.7. The van der Waals surface area contributed by atoms with Crippen LogP contribution >= 0.6 is 11.3 Å². The molecule has 0 aliphatic heterocycles. The van der Waals surface area contributed by atoms with Gasteiger partial charge in [0, 0.05) is 20.2 Å². The van der Waals surface area contributed by atoms with Gasteiger partial charge >= 0.3 is 0 Å². The maximum atomic E-state index is 2.45. The van der Waals surface area contributed by atoms with Crippen LogP contribution in [0.15, 0.2) is 140 Å². The molecule has 8 aromatic rings. The van der Waals surface area contributed by atoms with Gasteiger partial charge in [0.2, 0.25) is 0 Å². The Morgan fingerprint density at radius 3 is 2.05 bits per heavy atom. The number of hydrogen-bond acceptors (Lipinski definition) is 1. The van der Waals surface area contributed by atoms with Gasteiger partial charge in [-0.3, -0.25) is 0 Å². The van der Waals surface area contributed by atoms with E-state index in [1.54, 1.807) is 0 Å². The van der Waals surface area contributed by atoms with E-state index in [1.165, 1.54) is 86.2 Å². The molecule has 1 heteroatoms. The Bertz CT molecular complexity index is 2390. The van der Waals surface area contributed by atoms with Gasteiger partial charge in [-0.15, -0.1) is 11.3 Å². The minimum atomic E-state index is 1.06. The van der Waals surface area contributed by atoms with E-state index >= 15 is 0 Å². The van der Waals surface area contributed by atoms with E-state index in [9.17, 15) is 0 Å². The van der Waals surface area contributed by atoms with E-state index in [-0.39, 0.29) is 0 Å². The smallest absolute Gasteiger partial charge is 0.0430 e. The summed E-state index contributed by atoms with van der Waals surface area (Å²) in [5.74, 6) is 0. The third-order valence-electron chi connectivity index (χ3n) is 9.17. The summed E-state index contributed by atoms with van der Waals surface area (Å²) in [5, 5.41) is 7.97. The van der Waals surface area contributed by atoms with Crippen molar-refractivity contribution in [3.63, 3.8) is 0 Å². The second kappa shape index (κ2) is 9.80. The number of allylic oxidation sites excluding steroid dienone is 1. The van der Waals surface area contributed by atoms with Crippen molar-refractivity contribution < 1.29 is 0 Å². The molecule has 7 aromatic carbocycles. The van der Waals surface area contributed by atoms with Crippen molar-refractivity contribution in [2.24, 2.45) is 0 Å². The maximum Gasteiger partial charge on any atom is 0.0430 e. The number of benzene rings is 7. The number of thiophene rings is 1. The van der Waals surface area contributed by atoms with Crippen molar-refractivity contribution in [2.45, 2.75) is 12.8 Å². The van der Waals surface area contributed by atoms with E-state index in [4.69, 9.17) is 0 Å². The fraction of sp³-hybridized carbons (Fsp3) is 0.0476. The summed E-state index contributed by atoms with van der Waals surface area (Å²) in [6.45, 7) is 0. The largest absolute Gasteiger partial charge is 0.135 e. The molecule has 0 radical (unpaired) electrons. The van der Waals surface area contributed by atoms with Gasteiger partial charge in [0.25, 0.3) is 0 Å². The Balaban J connectivity index is 1.16. The predicted molar refractivity (Wildman–Crippen MR) is 188 cm³/mol. The normalized spacial score (nSPS) is 13.1. The van der Waals surface area contributed by atoms with Crippen LogP contribution in [-0.4, -0.2) is 0 Å².